The van der Waals surface area contributed by atoms with Gasteiger partial charge in [0, 0.05) is 30.5 Å². The fourth-order valence-corrected chi connectivity index (χ4v) is 3.84. The maximum Gasteiger partial charge on any atom is 0.146 e. The molecule has 2 nitrogen and oxygen atoms in total. The monoisotopic (exact) mass is 295 g/mol. The third kappa shape index (κ3) is 2.61. The van der Waals surface area contributed by atoms with Crippen LogP contribution in [0.1, 0.15) is 37.7 Å². The number of rotatable bonds is 3. The second kappa shape index (κ2) is 5.82. The quantitative estimate of drug-likeness (QED) is 0.845. The Bertz CT molecular complexity index is 519. The van der Waals surface area contributed by atoms with Crippen LogP contribution in [0.25, 0.3) is 0 Å². The molecule has 1 aromatic carbocycles. The smallest absolute Gasteiger partial charge is 0.146 e. The number of nitrogens with zero attached hydrogens (tertiary/aromatic N) is 1. The molecular formula is C16H19ClFNO. The summed E-state index contributed by atoms with van der Waals surface area (Å²) in [6.07, 6.45) is 4.88. The van der Waals surface area contributed by atoms with Crippen LogP contribution in [0.3, 0.4) is 0 Å². The van der Waals surface area contributed by atoms with Crippen molar-refractivity contribution in [2.24, 2.45) is 5.92 Å². The van der Waals surface area contributed by atoms with Gasteiger partial charge in [0.05, 0.1) is 5.02 Å². The largest absolute Gasteiger partial charge is 0.299 e. The number of halogens is 2. The SMILES string of the molecule is O=C1CCCC1C1CCCN1Cc1cccc(Cl)c1F. The fourth-order valence-electron chi connectivity index (χ4n) is 3.64. The molecule has 1 aromatic rings. The molecule has 0 radical (unpaired) electrons. The van der Waals surface area contributed by atoms with Crippen LogP contribution in [0.5, 0.6) is 0 Å². The number of carbonyl (C=O) groups excluding carboxylic acids is 1. The van der Waals surface area contributed by atoms with E-state index < -0.39 is 0 Å². The van der Waals surface area contributed by atoms with Gasteiger partial charge in [0.1, 0.15) is 11.6 Å². The Labute approximate surface area is 123 Å². The van der Waals surface area contributed by atoms with E-state index in [2.05, 4.69) is 4.90 Å². The van der Waals surface area contributed by atoms with Crippen LogP contribution in [0.2, 0.25) is 5.02 Å². The van der Waals surface area contributed by atoms with E-state index in [0.717, 1.165) is 38.6 Å². The molecule has 2 aliphatic rings. The standard InChI is InChI=1S/C16H19ClFNO/c17-13-6-1-4-11(16(13)18)10-19-9-3-7-14(19)12-5-2-8-15(12)20/h1,4,6,12,14H,2-3,5,7-10H2. The average Bonchev–Trinajstić information content (AvgIpc) is 3.03. The van der Waals surface area contributed by atoms with Crippen LogP contribution in [0, 0.1) is 11.7 Å². The molecule has 1 heterocycles. The molecule has 1 saturated heterocycles. The van der Waals surface area contributed by atoms with Gasteiger partial charge in [0.25, 0.3) is 0 Å². The average molecular weight is 296 g/mol. The van der Waals surface area contributed by atoms with Crippen LogP contribution in [0.4, 0.5) is 4.39 Å². The lowest BCUT2D eigenvalue weighted by molar-refractivity contribution is -0.122. The van der Waals surface area contributed by atoms with E-state index in [-0.39, 0.29) is 16.8 Å². The second-order valence-electron chi connectivity index (χ2n) is 5.86. The molecule has 108 valence electrons. The zero-order valence-corrected chi connectivity index (χ0v) is 12.2. The fraction of sp³-hybridized carbons (Fsp3) is 0.562. The number of likely N-dealkylation sites (tertiary alicyclic amines) is 1. The molecule has 1 aliphatic heterocycles. The van der Waals surface area contributed by atoms with Crippen LogP contribution >= 0.6 is 11.6 Å². The van der Waals surface area contributed by atoms with Crippen molar-refractivity contribution >= 4 is 17.4 Å². The number of benzene rings is 1. The van der Waals surface area contributed by atoms with Crippen molar-refractivity contribution in [2.45, 2.75) is 44.7 Å². The summed E-state index contributed by atoms with van der Waals surface area (Å²) in [6.45, 7) is 1.50. The highest BCUT2D eigenvalue weighted by molar-refractivity contribution is 6.30. The molecule has 20 heavy (non-hydrogen) atoms. The Hall–Kier alpha value is -0.930. The van der Waals surface area contributed by atoms with E-state index in [1.807, 2.05) is 0 Å². The van der Waals surface area contributed by atoms with Crippen molar-refractivity contribution < 1.29 is 9.18 Å². The van der Waals surface area contributed by atoms with Gasteiger partial charge in [-0.1, -0.05) is 23.7 Å². The molecule has 2 unspecified atom stereocenters. The Balaban J connectivity index is 1.76. The molecule has 1 aliphatic carbocycles. The first-order valence-corrected chi connectivity index (χ1v) is 7.74. The van der Waals surface area contributed by atoms with Gasteiger partial charge in [-0.05, 0) is 38.3 Å². The summed E-state index contributed by atoms with van der Waals surface area (Å²) in [5.41, 5.74) is 0.634. The van der Waals surface area contributed by atoms with Gasteiger partial charge >= 0.3 is 0 Å². The van der Waals surface area contributed by atoms with Gasteiger partial charge in [0.2, 0.25) is 0 Å². The summed E-state index contributed by atoms with van der Waals surface area (Å²) in [5, 5.41) is 0.176. The summed E-state index contributed by atoms with van der Waals surface area (Å²) in [6, 6.07) is 5.44. The molecule has 0 aromatic heterocycles. The van der Waals surface area contributed by atoms with Gasteiger partial charge in [-0.2, -0.15) is 0 Å². The number of hydrogen-bond acceptors (Lipinski definition) is 2. The third-order valence-electron chi connectivity index (χ3n) is 4.64. The van der Waals surface area contributed by atoms with Crippen molar-refractivity contribution in [1.29, 1.82) is 0 Å². The number of Topliss-reactive ketones (excluding diaryl/α,β-unsaturated/α-hetero) is 1. The van der Waals surface area contributed by atoms with Gasteiger partial charge < -0.3 is 0 Å². The third-order valence-corrected chi connectivity index (χ3v) is 4.93. The lowest BCUT2D eigenvalue weighted by atomic mass is 9.95. The Morgan fingerprint density at radius 2 is 2.15 bits per heavy atom. The Morgan fingerprint density at radius 1 is 1.30 bits per heavy atom. The first-order valence-electron chi connectivity index (χ1n) is 7.36. The van der Waals surface area contributed by atoms with E-state index in [0.29, 0.717) is 23.9 Å². The first kappa shape index (κ1) is 14.0. The number of carbonyl (C=O) groups is 1. The Kier molecular flexibility index (Phi) is 4.08. The molecule has 2 fully saturated rings. The summed E-state index contributed by atoms with van der Waals surface area (Å²) in [7, 11) is 0. The van der Waals surface area contributed by atoms with Crippen LogP contribution in [0.15, 0.2) is 18.2 Å². The predicted octanol–water partition coefficient (Wildman–Crippen LogP) is 3.81. The molecule has 0 bridgehead atoms. The highest BCUT2D eigenvalue weighted by Gasteiger charge is 2.38. The maximum atomic E-state index is 14.0. The normalized spacial score (nSPS) is 27.4. The number of hydrogen-bond donors (Lipinski definition) is 0. The topological polar surface area (TPSA) is 20.3 Å². The Morgan fingerprint density at radius 3 is 2.90 bits per heavy atom. The van der Waals surface area contributed by atoms with Crippen LogP contribution < -0.4 is 0 Å². The molecular weight excluding hydrogens is 277 g/mol. The highest BCUT2D eigenvalue weighted by atomic mass is 35.5. The summed E-state index contributed by atoms with van der Waals surface area (Å²) in [5.74, 6) is 0.241. The molecule has 0 N–H and O–H groups in total. The lowest BCUT2D eigenvalue weighted by Gasteiger charge is -2.28. The van der Waals surface area contributed by atoms with Crippen molar-refractivity contribution in [3.8, 4) is 0 Å². The van der Waals surface area contributed by atoms with E-state index in [4.69, 9.17) is 11.6 Å². The highest BCUT2D eigenvalue weighted by Crippen LogP contribution is 2.34. The molecule has 0 spiro atoms. The lowest BCUT2D eigenvalue weighted by Crippen LogP contribution is -2.37. The van der Waals surface area contributed by atoms with Crippen molar-refractivity contribution in [1.82, 2.24) is 4.90 Å². The molecule has 4 heteroatoms. The summed E-state index contributed by atoms with van der Waals surface area (Å²) < 4.78 is 14.0. The zero-order valence-electron chi connectivity index (χ0n) is 11.4. The first-order chi connectivity index (χ1) is 9.66. The van der Waals surface area contributed by atoms with Crippen LogP contribution in [-0.4, -0.2) is 23.3 Å². The van der Waals surface area contributed by atoms with E-state index in [9.17, 15) is 9.18 Å². The minimum atomic E-state index is -0.322. The predicted molar refractivity (Wildman–Crippen MR) is 77.2 cm³/mol. The maximum absolute atomic E-state index is 14.0. The van der Waals surface area contributed by atoms with E-state index >= 15 is 0 Å². The number of ketones is 1. The molecule has 0 amide bonds. The molecule has 1 saturated carbocycles. The van der Waals surface area contributed by atoms with E-state index in [1.54, 1.807) is 18.2 Å². The molecule has 3 rings (SSSR count). The molecule has 2 atom stereocenters. The van der Waals surface area contributed by atoms with Crippen LogP contribution in [-0.2, 0) is 11.3 Å². The summed E-state index contributed by atoms with van der Waals surface area (Å²) in [4.78, 5) is 14.2. The van der Waals surface area contributed by atoms with Gasteiger partial charge in [-0.3, -0.25) is 9.69 Å². The van der Waals surface area contributed by atoms with Gasteiger partial charge in [-0.25, -0.2) is 4.39 Å². The van der Waals surface area contributed by atoms with Gasteiger partial charge in [0.15, 0.2) is 0 Å². The minimum absolute atomic E-state index is 0.166. The van der Waals surface area contributed by atoms with E-state index in [1.165, 1.54) is 0 Å². The van der Waals surface area contributed by atoms with Crippen molar-refractivity contribution in [2.75, 3.05) is 6.54 Å². The summed E-state index contributed by atoms with van der Waals surface area (Å²) >= 11 is 5.84. The minimum Gasteiger partial charge on any atom is -0.299 e. The van der Waals surface area contributed by atoms with Crippen molar-refractivity contribution in [3.63, 3.8) is 0 Å². The second-order valence-corrected chi connectivity index (χ2v) is 6.27. The van der Waals surface area contributed by atoms with Gasteiger partial charge in [-0.15, -0.1) is 0 Å². The van der Waals surface area contributed by atoms with Crippen molar-refractivity contribution in [3.05, 3.63) is 34.6 Å². The zero-order chi connectivity index (χ0) is 14.1.